The number of rotatable bonds is 4. The lowest BCUT2D eigenvalue weighted by molar-refractivity contribution is 0.0785. The molecule has 1 saturated heterocycles. The van der Waals surface area contributed by atoms with Gasteiger partial charge in [0.1, 0.15) is 16.5 Å². The van der Waals surface area contributed by atoms with Crippen LogP contribution in [0.5, 0.6) is 0 Å². The summed E-state index contributed by atoms with van der Waals surface area (Å²) in [6, 6.07) is 5.78. The molecule has 7 nitrogen and oxygen atoms in total. The van der Waals surface area contributed by atoms with Crippen molar-refractivity contribution >= 4 is 40.2 Å². The number of nitrogens with two attached hydrogens (primary N) is 1. The van der Waals surface area contributed by atoms with Gasteiger partial charge in [0, 0.05) is 36.6 Å². The van der Waals surface area contributed by atoms with Crippen molar-refractivity contribution in [2.24, 2.45) is 11.7 Å². The molecule has 1 amide bonds. The maximum Gasteiger partial charge on any atom is 0.275 e. The largest absolute Gasteiger partial charge is 0.391 e. The maximum absolute atomic E-state index is 14.2. The van der Waals surface area contributed by atoms with Gasteiger partial charge >= 0.3 is 0 Å². The van der Waals surface area contributed by atoms with Gasteiger partial charge in [-0.2, -0.15) is 0 Å². The number of carbonyl (C=O) groups excluding carboxylic acids is 1. The highest BCUT2D eigenvalue weighted by Gasteiger charge is 2.32. The molecule has 3 unspecified atom stereocenters. The van der Waals surface area contributed by atoms with Gasteiger partial charge < -0.3 is 21.1 Å². The number of hydrogen-bond donors (Lipinski definition) is 3. The van der Waals surface area contributed by atoms with Crippen LogP contribution < -0.4 is 16.0 Å². The molecule has 0 bridgehead atoms. The predicted molar refractivity (Wildman–Crippen MR) is 120 cm³/mol. The molecule has 3 heterocycles. The van der Waals surface area contributed by atoms with E-state index >= 15 is 0 Å². The Morgan fingerprint density at radius 1 is 1.39 bits per heavy atom. The maximum atomic E-state index is 14.2. The standard InChI is InChI=1S/C21H21ClFN5O2S/c1-11-8-28(9-14(24)19(11)29)17-5-6-25-7-15(17)26-20(30)16-10-31-21(27-16)18-12(22)3-2-4-13(18)23/h2-7,10-11,14,19,29H,8-9,24H2,1H3,(H,26,30). The number of thiazole rings is 1. The van der Waals surface area contributed by atoms with Crippen LogP contribution in [0, 0.1) is 11.7 Å². The highest BCUT2D eigenvalue weighted by molar-refractivity contribution is 7.13. The molecule has 2 aromatic heterocycles. The third kappa shape index (κ3) is 4.40. The fraction of sp³-hybridized carbons (Fsp3) is 0.286. The van der Waals surface area contributed by atoms with Gasteiger partial charge in [0.2, 0.25) is 0 Å². The van der Waals surface area contributed by atoms with Crippen LogP contribution in [0.3, 0.4) is 0 Å². The van der Waals surface area contributed by atoms with Crippen LogP contribution in [0.15, 0.2) is 42.0 Å². The van der Waals surface area contributed by atoms with E-state index in [1.165, 1.54) is 12.1 Å². The number of aliphatic hydroxyl groups excluding tert-OH is 1. The van der Waals surface area contributed by atoms with E-state index in [1.807, 2.05) is 11.8 Å². The van der Waals surface area contributed by atoms with E-state index in [4.69, 9.17) is 17.3 Å². The van der Waals surface area contributed by atoms with Gasteiger partial charge in [-0.05, 0) is 18.2 Å². The van der Waals surface area contributed by atoms with Crippen molar-refractivity contribution in [2.45, 2.75) is 19.1 Å². The molecule has 162 valence electrons. The lowest BCUT2D eigenvalue weighted by atomic mass is 9.92. The van der Waals surface area contributed by atoms with Crippen molar-refractivity contribution in [3.8, 4) is 10.6 Å². The number of nitrogens with one attached hydrogen (secondary N) is 1. The zero-order valence-corrected chi connectivity index (χ0v) is 18.2. The molecule has 31 heavy (non-hydrogen) atoms. The van der Waals surface area contributed by atoms with Crippen molar-refractivity contribution in [1.82, 2.24) is 9.97 Å². The number of aromatic nitrogens is 2. The van der Waals surface area contributed by atoms with Gasteiger partial charge in [0.25, 0.3) is 5.91 Å². The van der Waals surface area contributed by atoms with Crippen LogP contribution in [0.1, 0.15) is 17.4 Å². The van der Waals surface area contributed by atoms with Crippen LogP contribution in [-0.2, 0) is 0 Å². The Morgan fingerprint density at radius 3 is 2.94 bits per heavy atom. The number of amides is 1. The Morgan fingerprint density at radius 2 is 2.19 bits per heavy atom. The minimum atomic E-state index is -0.574. The second-order valence-electron chi connectivity index (χ2n) is 7.52. The average Bonchev–Trinajstić information content (AvgIpc) is 3.22. The number of nitrogens with zero attached hydrogens (tertiary/aromatic N) is 3. The third-order valence-corrected chi connectivity index (χ3v) is 6.44. The molecule has 0 saturated carbocycles. The van der Waals surface area contributed by atoms with Crippen LogP contribution in [0.2, 0.25) is 5.02 Å². The van der Waals surface area contributed by atoms with Gasteiger partial charge in [0.05, 0.1) is 34.3 Å². The number of carbonyl (C=O) groups is 1. The molecule has 1 aromatic carbocycles. The second kappa shape index (κ2) is 8.88. The first-order valence-corrected chi connectivity index (χ1v) is 10.9. The molecule has 0 radical (unpaired) electrons. The van der Waals surface area contributed by atoms with E-state index in [0.717, 1.165) is 17.0 Å². The second-order valence-corrected chi connectivity index (χ2v) is 8.78. The Bertz CT molecular complexity index is 1080. The number of piperidine rings is 1. The van der Waals surface area contributed by atoms with Gasteiger partial charge in [-0.25, -0.2) is 9.37 Å². The molecule has 10 heteroatoms. The average molecular weight is 462 g/mol. The fourth-order valence-corrected chi connectivity index (χ4v) is 4.82. The lowest BCUT2D eigenvalue weighted by Gasteiger charge is -2.40. The number of anilines is 2. The summed E-state index contributed by atoms with van der Waals surface area (Å²) < 4.78 is 14.2. The number of pyridine rings is 1. The monoisotopic (exact) mass is 461 g/mol. The van der Waals surface area contributed by atoms with E-state index in [1.54, 1.807) is 29.9 Å². The first-order valence-electron chi connectivity index (χ1n) is 9.69. The molecular formula is C21H21ClFN5O2S. The third-order valence-electron chi connectivity index (χ3n) is 5.26. The Hall–Kier alpha value is -2.59. The molecule has 3 aromatic rings. The summed E-state index contributed by atoms with van der Waals surface area (Å²) in [5.74, 6) is -0.966. The molecule has 0 aliphatic carbocycles. The molecule has 3 atom stereocenters. The number of hydrogen-bond acceptors (Lipinski definition) is 7. The Kier molecular flexibility index (Phi) is 6.19. The van der Waals surface area contributed by atoms with Crippen LogP contribution >= 0.6 is 22.9 Å². The summed E-state index contributed by atoms with van der Waals surface area (Å²) in [6.07, 6.45) is 2.61. The minimum Gasteiger partial charge on any atom is -0.391 e. The van der Waals surface area contributed by atoms with Crippen molar-refractivity contribution in [1.29, 1.82) is 0 Å². The van der Waals surface area contributed by atoms with Crippen molar-refractivity contribution in [3.05, 3.63) is 58.6 Å². The van der Waals surface area contributed by atoms with Crippen molar-refractivity contribution < 1.29 is 14.3 Å². The normalized spacial score (nSPS) is 21.2. The quantitative estimate of drug-likeness (QED) is 0.550. The molecule has 1 aliphatic heterocycles. The highest BCUT2D eigenvalue weighted by Crippen LogP contribution is 2.33. The first-order chi connectivity index (χ1) is 14.8. The predicted octanol–water partition coefficient (Wildman–Crippen LogP) is 3.39. The van der Waals surface area contributed by atoms with Crippen molar-refractivity contribution in [3.63, 3.8) is 0 Å². The molecule has 4 rings (SSSR count). The molecule has 4 N–H and O–H groups in total. The zero-order chi connectivity index (χ0) is 22.1. The topological polar surface area (TPSA) is 104 Å². The molecule has 0 spiro atoms. The fourth-order valence-electron chi connectivity index (χ4n) is 3.65. The SMILES string of the molecule is CC1CN(c2ccncc2NC(=O)c2csc(-c3c(F)cccc3Cl)n2)CC(N)C1O. The zero-order valence-electron chi connectivity index (χ0n) is 16.6. The molecule has 1 aliphatic rings. The van der Waals surface area contributed by atoms with E-state index in [2.05, 4.69) is 15.3 Å². The highest BCUT2D eigenvalue weighted by atomic mass is 35.5. The van der Waals surface area contributed by atoms with E-state index < -0.39 is 23.9 Å². The van der Waals surface area contributed by atoms with Crippen LogP contribution in [0.25, 0.3) is 10.6 Å². The van der Waals surface area contributed by atoms with Crippen LogP contribution in [-0.4, -0.2) is 46.2 Å². The van der Waals surface area contributed by atoms with Gasteiger partial charge in [-0.15, -0.1) is 11.3 Å². The Balaban J connectivity index is 1.56. The van der Waals surface area contributed by atoms with E-state index in [0.29, 0.717) is 23.8 Å². The van der Waals surface area contributed by atoms with Crippen molar-refractivity contribution in [2.75, 3.05) is 23.3 Å². The summed E-state index contributed by atoms with van der Waals surface area (Å²) in [5.41, 5.74) is 7.65. The molecule has 1 fully saturated rings. The van der Waals surface area contributed by atoms with E-state index in [9.17, 15) is 14.3 Å². The van der Waals surface area contributed by atoms with Crippen LogP contribution in [0.4, 0.5) is 15.8 Å². The van der Waals surface area contributed by atoms with Gasteiger partial charge in [0.15, 0.2) is 0 Å². The summed E-state index contributed by atoms with van der Waals surface area (Å²) in [7, 11) is 0. The summed E-state index contributed by atoms with van der Waals surface area (Å²) in [5, 5.41) is 15.1. The smallest absolute Gasteiger partial charge is 0.275 e. The lowest BCUT2D eigenvalue weighted by Crippen LogP contribution is -2.55. The Labute approximate surface area is 187 Å². The number of benzene rings is 1. The summed E-state index contributed by atoms with van der Waals surface area (Å²) >= 11 is 7.24. The number of halogens is 2. The first kappa shape index (κ1) is 21.6. The number of aliphatic hydroxyl groups is 1. The van der Waals surface area contributed by atoms with E-state index in [-0.39, 0.29) is 22.2 Å². The summed E-state index contributed by atoms with van der Waals surface area (Å²) in [4.78, 5) is 23.2. The molecular weight excluding hydrogens is 441 g/mol. The van der Waals surface area contributed by atoms with Gasteiger partial charge in [-0.3, -0.25) is 9.78 Å². The van der Waals surface area contributed by atoms with Gasteiger partial charge in [-0.1, -0.05) is 24.6 Å². The summed E-state index contributed by atoms with van der Waals surface area (Å²) in [6.45, 7) is 2.97. The minimum absolute atomic E-state index is 0.0212.